The van der Waals surface area contributed by atoms with Crippen LogP contribution in [0.25, 0.3) is 11.4 Å². The van der Waals surface area contributed by atoms with E-state index in [1.807, 2.05) is 31.2 Å². The van der Waals surface area contributed by atoms with Crippen molar-refractivity contribution in [2.24, 2.45) is 0 Å². The monoisotopic (exact) mass is 373 g/mol. The topological polar surface area (TPSA) is 83.7 Å². The molecular weight excluding hydrogens is 346 g/mol. The molecule has 0 aliphatic carbocycles. The van der Waals surface area contributed by atoms with E-state index >= 15 is 0 Å². The van der Waals surface area contributed by atoms with Crippen molar-refractivity contribution in [2.75, 3.05) is 40.3 Å². The third kappa shape index (κ3) is 4.97. The van der Waals surface area contributed by atoms with Crippen molar-refractivity contribution in [1.82, 2.24) is 25.3 Å². The number of likely N-dealkylation sites (N-methyl/N-ethyl adjacent to an activating group) is 1. The van der Waals surface area contributed by atoms with Crippen LogP contribution in [0.1, 0.15) is 31.7 Å². The molecule has 1 fully saturated rings. The molecule has 0 radical (unpaired) electrons. The second kappa shape index (κ2) is 8.85. The zero-order valence-electron chi connectivity index (χ0n) is 16.1. The number of ether oxygens (including phenoxy) is 1. The van der Waals surface area contributed by atoms with Gasteiger partial charge < -0.3 is 24.4 Å². The number of amides is 2. The number of likely N-dealkylation sites (tertiary alicyclic amines) is 1. The van der Waals surface area contributed by atoms with Crippen LogP contribution in [0, 0.1) is 0 Å². The molecule has 0 unspecified atom stereocenters. The number of rotatable bonds is 7. The zero-order valence-corrected chi connectivity index (χ0v) is 16.1. The Kier molecular flexibility index (Phi) is 6.28. The molecule has 1 aliphatic rings. The molecule has 8 heteroatoms. The highest BCUT2D eigenvalue weighted by Gasteiger charge is 2.20. The maximum Gasteiger partial charge on any atom is 0.317 e. The van der Waals surface area contributed by atoms with Crippen LogP contribution in [0.3, 0.4) is 0 Å². The van der Waals surface area contributed by atoms with Crippen molar-refractivity contribution in [3.8, 4) is 17.1 Å². The molecule has 1 saturated heterocycles. The Morgan fingerprint density at radius 2 is 2.04 bits per heavy atom. The van der Waals surface area contributed by atoms with Crippen molar-refractivity contribution in [2.45, 2.75) is 25.8 Å². The van der Waals surface area contributed by atoms with Crippen LogP contribution in [0.15, 0.2) is 28.8 Å². The van der Waals surface area contributed by atoms with Gasteiger partial charge in [0.1, 0.15) is 11.8 Å². The summed E-state index contributed by atoms with van der Waals surface area (Å²) < 4.78 is 10.5. The van der Waals surface area contributed by atoms with Gasteiger partial charge in [-0.05, 0) is 57.1 Å². The molecule has 3 rings (SSSR count). The normalized spacial score (nSPS) is 15.5. The van der Waals surface area contributed by atoms with Crippen molar-refractivity contribution in [1.29, 1.82) is 0 Å². The third-order valence-electron chi connectivity index (χ3n) is 4.80. The molecule has 27 heavy (non-hydrogen) atoms. The fourth-order valence-electron chi connectivity index (χ4n) is 3.02. The van der Waals surface area contributed by atoms with E-state index in [9.17, 15) is 4.79 Å². The number of carbonyl (C=O) groups is 1. The molecule has 8 nitrogen and oxygen atoms in total. The number of methoxy groups -OCH3 is 1. The van der Waals surface area contributed by atoms with E-state index < -0.39 is 0 Å². The smallest absolute Gasteiger partial charge is 0.317 e. The van der Waals surface area contributed by atoms with E-state index in [0.717, 1.165) is 30.9 Å². The molecule has 1 aromatic carbocycles. The summed E-state index contributed by atoms with van der Waals surface area (Å²) >= 11 is 0. The number of urea groups is 1. The van der Waals surface area contributed by atoms with Gasteiger partial charge in [0.05, 0.1) is 7.11 Å². The first-order valence-corrected chi connectivity index (χ1v) is 9.29. The molecule has 1 atom stereocenters. The van der Waals surface area contributed by atoms with Crippen LogP contribution >= 0.6 is 0 Å². The molecule has 0 saturated carbocycles. The molecule has 1 N–H and O–H groups in total. The van der Waals surface area contributed by atoms with Gasteiger partial charge >= 0.3 is 6.03 Å². The second-order valence-corrected chi connectivity index (χ2v) is 6.83. The van der Waals surface area contributed by atoms with E-state index in [-0.39, 0.29) is 12.1 Å². The molecule has 2 aromatic rings. The van der Waals surface area contributed by atoms with Gasteiger partial charge in [-0.2, -0.15) is 4.98 Å². The molecule has 2 amide bonds. The van der Waals surface area contributed by atoms with Crippen molar-refractivity contribution in [3.05, 3.63) is 30.2 Å². The van der Waals surface area contributed by atoms with E-state index in [1.165, 1.54) is 12.8 Å². The lowest BCUT2D eigenvalue weighted by molar-refractivity contribution is 0.194. The number of nitrogens with one attached hydrogen (secondary N) is 1. The summed E-state index contributed by atoms with van der Waals surface area (Å²) in [5.41, 5.74) is 0.826. The minimum absolute atomic E-state index is 0.147. The molecule has 1 aromatic heterocycles. The van der Waals surface area contributed by atoms with Gasteiger partial charge in [0.25, 0.3) is 0 Å². The highest BCUT2D eigenvalue weighted by molar-refractivity contribution is 5.74. The molecule has 2 heterocycles. The number of hydrogen-bond donors (Lipinski definition) is 1. The Morgan fingerprint density at radius 1 is 1.33 bits per heavy atom. The van der Waals surface area contributed by atoms with Crippen molar-refractivity contribution >= 4 is 6.03 Å². The third-order valence-corrected chi connectivity index (χ3v) is 4.80. The van der Waals surface area contributed by atoms with E-state index in [2.05, 4.69) is 20.4 Å². The van der Waals surface area contributed by atoms with Gasteiger partial charge in [-0.15, -0.1) is 0 Å². The SMILES string of the molecule is COc1ccc(-c2noc([C@@H](C)NC(=O)N(C)CCN3CCCC3)n2)cc1. The summed E-state index contributed by atoms with van der Waals surface area (Å²) in [4.78, 5) is 20.8. The lowest BCUT2D eigenvalue weighted by Gasteiger charge is -2.22. The van der Waals surface area contributed by atoms with Crippen LogP contribution < -0.4 is 10.1 Å². The number of hydrogen-bond acceptors (Lipinski definition) is 6. The Morgan fingerprint density at radius 3 is 2.70 bits per heavy atom. The fourth-order valence-corrected chi connectivity index (χ4v) is 3.02. The first-order chi connectivity index (χ1) is 13.1. The molecule has 0 spiro atoms. The zero-order chi connectivity index (χ0) is 19.2. The maximum absolute atomic E-state index is 12.4. The van der Waals surface area contributed by atoms with Crippen LogP contribution in [0.5, 0.6) is 5.75 Å². The van der Waals surface area contributed by atoms with Gasteiger partial charge in [-0.25, -0.2) is 4.79 Å². The molecule has 146 valence electrons. The van der Waals surface area contributed by atoms with E-state index in [1.54, 1.807) is 19.1 Å². The van der Waals surface area contributed by atoms with Gasteiger partial charge in [0.2, 0.25) is 11.7 Å². The first kappa shape index (κ1) is 19.2. The average molecular weight is 373 g/mol. The summed E-state index contributed by atoms with van der Waals surface area (Å²) in [7, 11) is 3.42. The summed E-state index contributed by atoms with van der Waals surface area (Å²) in [6, 6.07) is 6.89. The van der Waals surface area contributed by atoms with Crippen molar-refractivity contribution < 1.29 is 14.1 Å². The molecular formula is C19H27N5O3. The summed E-state index contributed by atoms with van der Waals surface area (Å²) in [6.45, 7) is 5.68. The summed E-state index contributed by atoms with van der Waals surface area (Å²) in [5, 5.41) is 6.91. The fraction of sp³-hybridized carbons (Fsp3) is 0.526. The highest BCUT2D eigenvalue weighted by atomic mass is 16.5. The van der Waals surface area contributed by atoms with Gasteiger partial charge in [-0.1, -0.05) is 5.16 Å². The number of aromatic nitrogens is 2. The van der Waals surface area contributed by atoms with Crippen LogP contribution in [-0.2, 0) is 0 Å². The Balaban J connectivity index is 1.53. The first-order valence-electron chi connectivity index (χ1n) is 9.29. The van der Waals surface area contributed by atoms with Crippen LogP contribution in [0.4, 0.5) is 4.79 Å². The molecule has 1 aliphatic heterocycles. The predicted octanol–water partition coefficient (Wildman–Crippen LogP) is 2.54. The van der Waals surface area contributed by atoms with Crippen LogP contribution in [-0.4, -0.2) is 66.3 Å². The quantitative estimate of drug-likeness (QED) is 0.803. The minimum atomic E-state index is -0.369. The Labute approximate surface area is 159 Å². The van der Waals surface area contributed by atoms with Gasteiger partial charge in [0.15, 0.2) is 0 Å². The number of nitrogens with zero attached hydrogens (tertiary/aromatic N) is 4. The standard InChI is InChI=1S/C19H27N5O3/c1-14(20-19(25)23(2)12-13-24-10-4-5-11-24)18-21-17(22-27-18)15-6-8-16(26-3)9-7-15/h6-9,14H,4-5,10-13H2,1-3H3,(H,20,25)/t14-/m1/s1. The number of benzene rings is 1. The van der Waals surface area contributed by atoms with Gasteiger partial charge in [0, 0.05) is 25.7 Å². The summed E-state index contributed by atoms with van der Waals surface area (Å²) in [5.74, 6) is 1.62. The second-order valence-electron chi connectivity index (χ2n) is 6.83. The Bertz CT molecular complexity index is 740. The lowest BCUT2D eigenvalue weighted by atomic mass is 10.2. The van der Waals surface area contributed by atoms with E-state index in [0.29, 0.717) is 18.3 Å². The minimum Gasteiger partial charge on any atom is -0.497 e. The largest absolute Gasteiger partial charge is 0.497 e. The van der Waals surface area contributed by atoms with Crippen molar-refractivity contribution in [3.63, 3.8) is 0 Å². The average Bonchev–Trinajstić information content (AvgIpc) is 3.38. The highest BCUT2D eigenvalue weighted by Crippen LogP contribution is 2.21. The number of carbonyl (C=O) groups excluding carboxylic acids is 1. The summed E-state index contributed by atoms with van der Waals surface area (Å²) in [6.07, 6.45) is 2.50. The maximum atomic E-state index is 12.4. The van der Waals surface area contributed by atoms with E-state index in [4.69, 9.17) is 9.26 Å². The Hall–Kier alpha value is -2.61. The van der Waals surface area contributed by atoms with Gasteiger partial charge in [-0.3, -0.25) is 0 Å². The molecule has 0 bridgehead atoms. The predicted molar refractivity (Wildman–Crippen MR) is 102 cm³/mol. The van der Waals surface area contributed by atoms with Crippen LogP contribution in [0.2, 0.25) is 0 Å². The lowest BCUT2D eigenvalue weighted by Crippen LogP contribution is -2.42.